The molecule has 2 bridgehead atoms. The molecule has 7 atom stereocenters. The lowest BCUT2D eigenvalue weighted by atomic mass is 9.35. The van der Waals surface area contributed by atoms with E-state index in [2.05, 4.69) is 4.90 Å². The summed E-state index contributed by atoms with van der Waals surface area (Å²) in [6, 6.07) is 7.07. The summed E-state index contributed by atoms with van der Waals surface area (Å²) in [4.78, 5) is 30.3. The fourth-order valence-electron chi connectivity index (χ4n) is 8.67. The predicted molar refractivity (Wildman–Crippen MR) is 111 cm³/mol. The number of ether oxygens (including phenoxy) is 2. The van der Waals surface area contributed by atoms with Crippen molar-refractivity contribution in [3.63, 3.8) is 0 Å². The van der Waals surface area contributed by atoms with Crippen LogP contribution >= 0.6 is 0 Å². The van der Waals surface area contributed by atoms with Gasteiger partial charge in [0, 0.05) is 23.4 Å². The molecule has 3 aliphatic carbocycles. The Bertz CT molecular complexity index is 1030. The van der Waals surface area contributed by atoms with E-state index in [0.717, 1.165) is 12.7 Å². The number of hydrogen-bond acceptors (Lipinski definition) is 8. The second-order valence-corrected chi connectivity index (χ2v) is 9.92. The summed E-state index contributed by atoms with van der Waals surface area (Å²) in [5.41, 5.74) is -4.56. The molecule has 32 heavy (non-hydrogen) atoms. The Morgan fingerprint density at radius 3 is 2.53 bits per heavy atom. The molecule has 5 fully saturated rings. The molecule has 1 aromatic rings. The van der Waals surface area contributed by atoms with Gasteiger partial charge in [-0.25, -0.2) is 9.59 Å². The Kier molecular flexibility index (Phi) is 3.84. The van der Waals surface area contributed by atoms with Gasteiger partial charge in [0.2, 0.25) is 5.60 Å². The molecule has 0 unspecified atom stereocenters. The Morgan fingerprint density at radius 1 is 1.06 bits per heavy atom. The highest BCUT2D eigenvalue weighted by molar-refractivity contribution is 5.99. The van der Waals surface area contributed by atoms with E-state index in [1.165, 1.54) is 12.0 Å². The van der Waals surface area contributed by atoms with E-state index in [4.69, 9.17) is 9.47 Å². The first-order valence-electron chi connectivity index (χ1n) is 11.2. The van der Waals surface area contributed by atoms with Crippen LogP contribution in [0.3, 0.4) is 0 Å². The summed E-state index contributed by atoms with van der Waals surface area (Å²) in [7, 11) is 2.43. The van der Waals surface area contributed by atoms with Crippen LogP contribution < -0.4 is 4.90 Å². The molecule has 0 radical (unpaired) electrons. The molecule has 2 saturated heterocycles. The first-order chi connectivity index (χ1) is 15.3. The van der Waals surface area contributed by atoms with Crippen molar-refractivity contribution in [2.24, 2.45) is 5.41 Å². The minimum Gasteiger partial charge on any atom is -0.467 e. The predicted octanol–water partition coefficient (Wildman–Crippen LogP) is 0.147. The number of nitrogens with zero attached hydrogens (tertiary/aromatic N) is 2. The summed E-state index contributed by atoms with van der Waals surface area (Å²) in [6.45, 7) is 1.32. The zero-order chi connectivity index (χ0) is 22.7. The van der Waals surface area contributed by atoms with Crippen LogP contribution in [-0.2, 0) is 19.7 Å². The first kappa shape index (κ1) is 20.4. The highest BCUT2D eigenvalue weighted by Crippen LogP contribution is 2.76. The van der Waals surface area contributed by atoms with Crippen LogP contribution in [0, 0.1) is 5.41 Å². The number of amides is 1. The minimum absolute atomic E-state index is 0.223. The molecule has 7 rings (SSSR count). The van der Waals surface area contributed by atoms with Gasteiger partial charge < -0.3 is 24.8 Å². The van der Waals surface area contributed by atoms with E-state index in [9.17, 15) is 24.9 Å². The molecule has 9 nitrogen and oxygen atoms in total. The maximum Gasteiger partial charge on any atom is 0.414 e. The summed E-state index contributed by atoms with van der Waals surface area (Å²) in [5, 5.41) is 35.5. The summed E-state index contributed by atoms with van der Waals surface area (Å²) >= 11 is 0. The van der Waals surface area contributed by atoms with E-state index in [0.29, 0.717) is 38.0 Å². The number of carbonyl (C=O) groups excluding carboxylic acids is 2. The summed E-state index contributed by atoms with van der Waals surface area (Å²) < 4.78 is 10.2. The summed E-state index contributed by atoms with van der Waals surface area (Å²) in [6.07, 6.45) is -1.62. The number of benzene rings is 1. The molecule has 3 N–H and O–H groups in total. The maximum atomic E-state index is 13.4. The van der Waals surface area contributed by atoms with Crippen LogP contribution in [0.25, 0.3) is 0 Å². The standard InChI is InChI=1S/C23H28N2O7/c1-31-18(28)23(30)17(27)20-8-9-22(23)21(10-12-24(16(20)21)11-7-15(20)26)13-5-3-4-6-14(13)25(22)19(29)32-2/h3-6,15-17,26-27,30H,7-12H2,1-2H3/t15-,16-,17-,20+,21+,22-,23+/m0/s1. The lowest BCUT2D eigenvalue weighted by Crippen LogP contribution is -2.92. The Morgan fingerprint density at radius 2 is 1.81 bits per heavy atom. The SMILES string of the molecule is COC(=O)N1c2ccccc2[C@@]23CCN4CC[C@H](O)[C@]5(CC[C@]12[C@](O)(C(=O)OC)[C@H]5O)[C@H]43. The van der Waals surface area contributed by atoms with Crippen LogP contribution in [0.2, 0.25) is 0 Å². The molecule has 3 saturated carbocycles. The normalized spacial score (nSPS) is 45.8. The van der Waals surface area contributed by atoms with Gasteiger partial charge in [-0.3, -0.25) is 9.80 Å². The van der Waals surface area contributed by atoms with Crippen molar-refractivity contribution in [2.75, 3.05) is 32.2 Å². The number of rotatable bonds is 1. The van der Waals surface area contributed by atoms with Crippen LogP contribution in [0.15, 0.2) is 24.3 Å². The van der Waals surface area contributed by atoms with Gasteiger partial charge >= 0.3 is 12.1 Å². The molecule has 1 amide bonds. The largest absolute Gasteiger partial charge is 0.467 e. The minimum atomic E-state index is -2.45. The molecular formula is C23H28N2O7. The van der Waals surface area contributed by atoms with Crippen molar-refractivity contribution >= 4 is 17.7 Å². The number of anilines is 1. The average Bonchev–Trinajstić information content (AvgIpc) is 3.34. The molecule has 1 aromatic carbocycles. The van der Waals surface area contributed by atoms with Gasteiger partial charge in [-0.15, -0.1) is 0 Å². The highest BCUT2D eigenvalue weighted by atomic mass is 16.6. The fraction of sp³-hybridized carbons (Fsp3) is 0.652. The van der Waals surface area contributed by atoms with E-state index in [1.807, 2.05) is 12.1 Å². The number of piperidine rings is 1. The average molecular weight is 444 g/mol. The van der Waals surface area contributed by atoms with Gasteiger partial charge in [0.1, 0.15) is 11.6 Å². The van der Waals surface area contributed by atoms with Crippen molar-refractivity contribution in [1.29, 1.82) is 0 Å². The van der Waals surface area contributed by atoms with Gasteiger partial charge in [-0.2, -0.15) is 0 Å². The van der Waals surface area contributed by atoms with Gasteiger partial charge in [0.05, 0.1) is 26.0 Å². The van der Waals surface area contributed by atoms with Gasteiger partial charge in [-0.05, 0) is 43.9 Å². The number of aliphatic hydroxyl groups is 3. The van der Waals surface area contributed by atoms with E-state index in [-0.39, 0.29) is 12.5 Å². The van der Waals surface area contributed by atoms with Gasteiger partial charge in [-0.1, -0.05) is 18.2 Å². The molecule has 9 heteroatoms. The fourth-order valence-corrected chi connectivity index (χ4v) is 8.67. The Labute approximate surface area is 185 Å². The topological polar surface area (TPSA) is 120 Å². The van der Waals surface area contributed by atoms with Crippen molar-refractivity contribution < 1.29 is 34.4 Å². The molecule has 3 spiro atoms. The monoisotopic (exact) mass is 444 g/mol. The number of aliphatic hydroxyl groups excluding tert-OH is 2. The number of esters is 1. The lowest BCUT2D eigenvalue weighted by molar-refractivity contribution is -0.301. The lowest BCUT2D eigenvalue weighted by Gasteiger charge is -2.74. The molecular weight excluding hydrogens is 416 g/mol. The van der Waals surface area contributed by atoms with E-state index >= 15 is 0 Å². The number of hydrogen-bond donors (Lipinski definition) is 3. The van der Waals surface area contributed by atoms with Crippen molar-refractivity contribution in [2.45, 2.75) is 60.5 Å². The van der Waals surface area contributed by atoms with Crippen molar-refractivity contribution in [3.8, 4) is 0 Å². The molecule has 6 aliphatic rings. The van der Waals surface area contributed by atoms with Crippen LogP contribution in [0.4, 0.5) is 10.5 Å². The Hall–Kier alpha value is -2.20. The number of para-hydroxylation sites is 1. The third-order valence-electron chi connectivity index (χ3n) is 9.50. The molecule has 3 heterocycles. The molecule has 3 aliphatic heterocycles. The highest BCUT2D eigenvalue weighted by Gasteiger charge is 2.90. The quantitative estimate of drug-likeness (QED) is 0.524. The van der Waals surface area contributed by atoms with E-state index < -0.39 is 46.2 Å². The van der Waals surface area contributed by atoms with Crippen molar-refractivity contribution in [3.05, 3.63) is 29.8 Å². The second-order valence-electron chi connectivity index (χ2n) is 9.92. The molecule has 0 aromatic heterocycles. The first-order valence-corrected chi connectivity index (χ1v) is 11.2. The maximum absolute atomic E-state index is 13.4. The zero-order valence-corrected chi connectivity index (χ0v) is 18.2. The zero-order valence-electron chi connectivity index (χ0n) is 18.2. The number of methoxy groups -OCH3 is 2. The summed E-state index contributed by atoms with van der Waals surface area (Å²) in [5.74, 6) is -1.00. The number of fused-ring (bicyclic) bond motifs is 3. The number of carbonyl (C=O) groups is 2. The third-order valence-corrected chi connectivity index (χ3v) is 9.50. The van der Waals surface area contributed by atoms with Gasteiger partial charge in [0.25, 0.3) is 0 Å². The second kappa shape index (κ2) is 6.02. The van der Waals surface area contributed by atoms with E-state index in [1.54, 1.807) is 12.1 Å². The van der Waals surface area contributed by atoms with Crippen molar-refractivity contribution in [1.82, 2.24) is 4.90 Å². The van der Waals surface area contributed by atoms with Crippen LogP contribution in [0.5, 0.6) is 0 Å². The Balaban J connectivity index is 1.77. The van der Waals surface area contributed by atoms with Crippen LogP contribution in [-0.4, -0.2) is 89.0 Å². The smallest absolute Gasteiger partial charge is 0.414 e. The van der Waals surface area contributed by atoms with Gasteiger partial charge in [0.15, 0.2) is 0 Å². The molecule has 172 valence electrons. The van der Waals surface area contributed by atoms with Crippen LogP contribution in [0.1, 0.15) is 31.2 Å². The third kappa shape index (κ3) is 1.69.